The molecule has 0 aliphatic carbocycles. The SMILES string of the molecule is Cn1cc([C@H]2CNC[C@@H]2C(=O)N2CCc3c(Cl)cccc32)cn1. The van der Waals surface area contributed by atoms with E-state index in [0.717, 1.165) is 34.8 Å². The van der Waals surface area contributed by atoms with Gasteiger partial charge in [0, 0.05) is 49.5 Å². The van der Waals surface area contributed by atoms with Crippen LogP contribution in [0.3, 0.4) is 0 Å². The number of halogens is 1. The van der Waals surface area contributed by atoms with E-state index in [0.29, 0.717) is 13.1 Å². The molecule has 1 fully saturated rings. The summed E-state index contributed by atoms with van der Waals surface area (Å²) in [6, 6.07) is 5.80. The quantitative estimate of drug-likeness (QED) is 0.916. The van der Waals surface area contributed by atoms with Crippen molar-refractivity contribution in [2.75, 3.05) is 24.5 Å². The number of hydrogen-bond donors (Lipinski definition) is 1. The fraction of sp³-hybridized carbons (Fsp3) is 0.412. The van der Waals surface area contributed by atoms with Crippen LogP contribution in [0.25, 0.3) is 0 Å². The number of benzene rings is 1. The molecule has 0 radical (unpaired) electrons. The summed E-state index contributed by atoms with van der Waals surface area (Å²) >= 11 is 6.27. The van der Waals surface area contributed by atoms with Gasteiger partial charge in [-0.2, -0.15) is 5.10 Å². The van der Waals surface area contributed by atoms with Crippen LogP contribution in [0.2, 0.25) is 5.02 Å². The molecule has 0 saturated carbocycles. The molecule has 3 heterocycles. The molecule has 2 aromatic rings. The molecule has 0 unspecified atom stereocenters. The highest BCUT2D eigenvalue weighted by atomic mass is 35.5. The van der Waals surface area contributed by atoms with Gasteiger partial charge in [0.05, 0.1) is 12.1 Å². The minimum absolute atomic E-state index is 0.0517. The third kappa shape index (κ3) is 2.44. The molecule has 1 N–H and O–H groups in total. The maximum atomic E-state index is 13.1. The molecule has 2 atom stereocenters. The smallest absolute Gasteiger partial charge is 0.232 e. The van der Waals surface area contributed by atoms with E-state index in [2.05, 4.69) is 10.4 Å². The molecule has 6 heteroatoms. The molecule has 120 valence electrons. The van der Waals surface area contributed by atoms with Crippen LogP contribution in [0, 0.1) is 5.92 Å². The van der Waals surface area contributed by atoms with Crippen molar-refractivity contribution < 1.29 is 4.79 Å². The zero-order chi connectivity index (χ0) is 16.0. The van der Waals surface area contributed by atoms with Gasteiger partial charge >= 0.3 is 0 Å². The van der Waals surface area contributed by atoms with Gasteiger partial charge < -0.3 is 10.2 Å². The van der Waals surface area contributed by atoms with Gasteiger partial charge in [-0.15, -0.1) is 0 Å². The summed E-state index contributed by atoms with van der Waals surface area (Å²) in [5, 5.41) is 8.36. The third-order valence-corrected chi connectivity index (χ3v) is 5.27. The second-order valence-corrected chi connectivity index (χ2v) is 6.70. The predicted octanol–water partition coefficient (Wildman–Crippen LogP) is 1.97. The van der Waals surface area contributed by atoms with Crippen molar-refractivity contribution in [3.05, 3.63) is 46.7 Å². The highest BCUT2D eigenvalue weighted by Gasteiger charge is 2.39. The summed E-state index contributed by atoms with van der Waals surface area (Å²) in [5.41, 5.74) is 3.19. The van der Waals surface area contributed by atoms with Crippen molar-refractivity contribution in [2.45, 2.75) is 12.3 Å². The monoisotopic (exact) mass is 330 g/mol. The van der Waals surface area contributed by atoms with E-state index in [1.807, 2.05) is 42.5 Å². The van der Waals surface area contributed by atoms with Gasteiger partial charge in [0.1, 0.15) is 0 Å². The number of aryl methyl sites for hydroxylation is 1. The number of fused-ring (bicyclic) bond motifs is 1. The minimum atomic E-state index is -0.0517. The van der Waals surface area contributed by atoms with Crippen LogP contribution in [0.15, 0.2) is 30.6 Å². The Morgan fingerprint density at radius 2 is 2.26 bits per heavy atom. The van der Waals surface area contributed by atoms with Crippen molar-refractivity contribution in [1.82, 2.24) is 15.1 Å². The Morgan fingerprint density at radius 3 is 3.04 bits per heavy atom. The summed E-state index contributed by atoms with van der Waals surface area (Å²) in [7, 11) is 1.90. The molecular weight excluding hydrogens is 312 g/mol. The highest BCUT2D eigenvalue weighted by Crippen LogP contribution is 2.37. The number of carbonyl (C=O) groups excluding carboxylic acids is 1. The number of amides is 1. The van der Waals surface area contributed by atoms with E-state index in [1.165, 1.54) is 0 Å². The normalized spacial score (nSPS) is 23.3. The summed E-state index contributed by atoms with van der Waals surface area (Å²) in [5.74, 6) is 0.313. The fourth-order valence-electron chi connectivity index (χ4n) is 3.74. The van der Waals surface area contributed by atoms with Crippen LogP contribution >= 0.6 is 11.6 Å². The van der Waals surface area contributed by atoms with Crippen LogP contribution in [0.5, 0.6) is 0 Å². The van der Waals surface area contributed by atoms with E-state index in [4.69, 9.17) is 11.6 Å². The number of nitrogens with one attached hydrogen (secondary N) is 1. The first-order valence-corrected chi connectivity index (χ1v) is 8.31. The molecule has 1 aromatic carbocycles. The number of aromatic nitrogens is 2. The molecule has 1 saturated heterocycles. The van der Waals surface area contributed by atoms with Crippen LogP contribution in [0.4, 0.5) is 5.69 Å². The zero-order valence-electron chi connectivity index (χ0n) is 13.0. The lowest BCUT2D eigenvalue weighted by atomic mass is 9.90. The molecule has 5 nitrogen and oxygen atoms in total. The summed E-state index contributed by atoms with van der Waals surface area (Å²) < 4.78 is 1.79. The maximum absolute atomic E-state index is 13.1. The van der Waals surface area contributed by atoms with E-state index < -0.39 is 0 Å². The van der Waals surface area contributed by atoms with Gasteiger partial charge in [-0.1, -0.05) is 17.7 Å². The van der Waals surface area contributed by atoms with Crippen LogP contribution < -0.4 is 10.2 Å². The van der Waals surface area contributed by atoms with Crippen molar-refractivity contribution in [2.24, 2.45) is 13.0 Å². The molecule has 1 aromatic heterocycles. The minimum Gasteiger partial charge on any atom is -0.315 e. The van der Waals surface area contributed by atoms with Crippen molar-refractivity contribution >= 4 is 23.2 Å². The van der Waals surface area contributed by atoms with Gasteiger partial charge in [0.2, 0.25) is 5.91 Å². The first-order chi connectivity index (χ1) is 11.1. The molecule has 2 aliphatic heterocycles. The number of anilines is 1. The molecule has 23 heavy (non-hydrogen) atoms. The third-order valence-electron chi connectivity index (χ3n) is 4.92. The standard InChI is InChI=1S/C17H19ClN4O/c1-21-10-11(7-20-21)13-8-19-9-14(13)17(23)22-6-5-12-15(18)3-2-4-16(12)22/h2-4,7,10,13-14,19H,5-6,8-9H2,1H3/t13-,14+/m1/s1. The Bertz CT molecular complexity index is 757. The highest BCUT2D eigenvalue weighted by molar-refractivity contribution is 6.32. The summed E-state index contributed by atoms with van der Waals surface area (Å²) in [4.78, 5) is 15.0. The maximum Gasteiger partial charge on any atom is 0.232 e. The zero-order valence-corrected chi connectivity index (χ0v) is 13.8. The molecule has 0 bridgehead atoms. The van der Waals surface area contributed by atoms with Gasteiger partial charge in [-0.3, -0.25) is 9.48 Å². The first kappa shape index (κ1) is 14.7. The average Bonchev–Trinajstić information content (AvgIpc) is 3.25. The second kappa shape index (κ2) is 5.65. The molecular formula is C17H19ClN4O. The number of nitrogens with zero attached hydrogens (tertiary/aromatic N) is 3. The summed E-state index contributed by atoms with van der Waals surface area (Å²) in [6.07, 6.45) is 4.71. The Morgan fingerprint density at radius 1 is 1.39 bits per heavy atom. The Labute approximate surface area is 140 Å². The first-order valence-electron chi connectivity index (χ1n) is 7.93. The fourth-order valence-corrected chi connectivity index (χ4v) is 4.00. The van der Waals surface area contributed by atoms with Gasteiger partial charge in [0.25, 0.3) is 0 Å². The predicted molar refractivity (Wildman–Crippen MR) is 89.8 cm³/mol. The van der Waals surface area contributed by atoms with Crippen LogP contribution in [0.1, 0.15) is 17.0 Å². The van der Waals surface area contributed by atoms with E-state index in [1.54, 1.807) is 4.68 Å². The van der Waals surface area contributed by atoms with Crippen molar-refractivity contribution in [1.29, 1.82) is 0 Å². The Hall–Kier alpha value is -1.85. The molecule has 2 aliphatic rings. The molecule has 4 rings (SSSR count). The average molecular weight is 331 g/mol. The lowest BCUT2D eigenvalue weighted by Crippen LogP contribution is -2.37. The van der Waals surface area contributed by atoms with Gasteiger partial charge in [-0.05, 0) is 29.7 Å². The Balaban J connectivity index is 1.61. The number of rotatable bonds is 2. The molecule has 1 amide bonds. The summed E-state index contributed by atoms with van der Waals surface area (Å²) in [6.45, 7) is 2.25. The van der Waals surface area contributed by atoms with Crippen LogP contribution in [-0.4, -0.2) is 35.3 Å². The van der Waals surface area contributed by atoms with Gasteiger partial charge in [-0.25, -0.2) is 0 Å². The second-order valence-electron chi connectivity index (χ2n) is 6.30. The van der Waals surface area contributed by atoms with E-state index >= 15 is 0 Å². The number of carbonyl (C=O) groups is 1. The topological polar surface area (TPSA) is 50.2 Å². The number of hydrogen-bond acceptors (Lipinski definition) is 3. The largest absolute Gasteiger partial charge is 0.315 e. The lowest BCUT2D eigenvalue weighted by Gasteiger charge is -2.24. The van der Waals surface area contributed by atoms with Crippen molar-refractivity contribution in [3.63, 3.8) is 0 Å². The molecule has 0 spiro atoms. The van der Waals surface area contributed by atoms with E-state index in [9.17, 15) is 4.79 Å². The van der Waals surface area contributed by atoms with Crippen LogP contribution in [-0.2, 0) is 18.3 Å². The van der Waals surface area contributed by atoms with Gasteiger partial charge in [0.15, 0.2) is 0 Å². The lowest BCUT2D eigenvalue weighted by molar-refractivity contribution is -0.122. The van der Waals surface area contributed by atoms with Crippen molar-refractivity contribution in [3.8, 4) is 0 Å². The Kier molecular flexibility index (Phi) is 3.62. The van der Waals surface area contributed by atoms with E-state index in [-0.39, 0.29) is 17.7 Å².